The van der Waals surface area contributed by atoms with Crippen LogP contribution in [0.4, 0.5) is 0 Å². The minimum absolute atomic E-state index is 0.160. The molecule has 0 amide bonds. The number of hydrogen-bond acceptors (Lipinski definition) is 4. The summed E-state index contributed by atoms with van der Waals surface area (Å²) in [7, 11) is 0. The van der Waals surface area contributed by atoms with Crippen molar-refractivity contribution in [2.24, 2.45) is 0 Å². The zero-order chi connectivity index (χ0) is 21.0. The van der Waals surface area contributed by atoms with Gasteiger partial charge in [-0.2, -0.15) is 0 Å². The minimum Gasteiger partial charge on any atom is -0.491 e. The van der Waals surface area contributed by atoms with Crippen LogP contribution in [-0.4, -0.2) is 20.0 Å². The SMILES string of the molecule is CCCCCOC(CCCCC)=C(OCCCCC)OCOCc1ccccc1. The predicted molar refractivity (Wildman–Crippen MR) is 119 cm³/mol. The summed E-state index contributed by atoms with van der Waals surface area (Å²) < 4.78 is 23.7. The summed E-state index contributed by atoms with van der Waals surface area (Å²) in [6.45, 7) is 8.65. The highest BCUT2D eigenvalue weighted by atomic mass is 16.7. The van der Waals surface area contributed by atoms with E-state index < -0.39 is 0 Å². The van der Waals surface area contributed by atoms with Crippen LogP contribution in [-0.2, 0) is 25.6 Å². The molecule has 0 unspecified atom stereocenters. The van der Waals surface area contributed by atoms with Crippen molar-refractivity contribution in [3.8, 4) is 0 Å². The Kier molecular flexibility index (Phi) is 16.0. The van der Waals surface area contributed by atoms with E-state index in [1.54, 1.807) is 0 Å². The van der Waals surface area contributed by atoms with Gasteiger partial charge in [0.2, 0.25) is 0 Å². The lowest BCUT2D eigenvalue weighted by molar-refractivity contribution is -0.0894. The molecule has 1 aromatic rings. The number of hydrogen-bond donors (Lipinski definition) is 0. The Morgan fingerprint density at radius 2 is 1.31 bits per heavy atom. The fraction of sp³-hybridized carbons (Fsp3) is 0.680. The van der Waals surface area contributed by atoms with Gasteiger partial charge in [-0.15, -0.1) is 0 Å². The van der Waals surface area contributed by atoms with Crippen molar-refractivity contribution in [1.82, 2.24) is 0 Å². The number of unbranched alkanes of at least 4 members (excludes halogenated alkanes) is 6. The van der Waals surface area contributed by atoms with Crippen LogP contribution >= 0.6 is 0 Å². The third kappa shape index (κ3) is 13.2. The topological polar surface area (TPSA) is 36.9 Å². The largest absolute Gasteiger partial charge is 0.491 e. The Morgan fingerprint density at radius 3 is 1.97 bits per heavy atom. The molecule has 0 aliphatic heterocycles. The van der Waals surface area contributed by atoms with E-state index in [9.17, 15) is 0 Å². The molecule has 0 aromatic heterocycles. The first-order chi connectivity index (χ1) is 14.3. The van der Waals surface area contributed by atoms with E-state index >= 15 is 0 Å². The molecule has 0 radical (unpaired) electrons. The molecule has 0 aliphatic rings. The average molecular weight is 407 g/mol. The molecule has 0 saturated heterocycles. The Hall–Kier alpha value is -1.68. The molecule has 0 bridgehead atoms. The van der Waals surface area contributed by atoms with Gasteiger partial charge in [-0.1, -0.05) is 89.6 Å². The van der Waals surface area contributed by atoms with E-state index in [-0.39, 0.29) is 6.79 Å². The van der Waals surface area contributed by atoms with Gasteiger partial charge in [0.1, 0.15) is 0 Å². The van der Waals surface area contributed by atoms with Crippen LogP contribution in [0.25, 0.3) is 0 Å². The van der Waals surface area contributed by atoms with Crippen molar-refractivity contribution in [1.29, 1.82) is 0 Å². The first kappa shape index (κ1) is 25.4. The maximum atomic E-state index is 6.10. The van der Waals surface area contributed by atoms with E-state index in [4.69, 9.17) is 18.9 Å². The Balaban J connectivity index is 2.65. The van der Waals surface area contributed by atoms with Crippen LogP contribution in [0.15, 0.2) is 42.0 Å². The molecule has 0 atom stereocenters. The van der Waals surface area contributed by atoms with Crippen molar-refractivity contribution in [3.05, 3.63) is 47.6 Å². The lowest BCUT2D eigenvalue weighted by Crippen LogP contribution is -2.10. The van der Waals surface area contributed by atoms with Crippen molar-refractivity contribution >= 4 is 0 Å². The van der Waals surface area contributed by atoms with Crippen LogP contribution in [0.2, 0.25) is 0 Å². The molecule has 4 nitrogen and oxygen atoms in total. The third-order valence-corrected chi connectivity index (χ3v) is 4.63. The molecule has 0 fully saturated rings. The summed E-state index contributed by atoms with van der Waals surface area (Å²) in [4.78, 5) is 0. The summed E-state index contributed by atoms with van der Waals surface area (Å²) in [6.07, 6.45) is 11.0. The maximum Gasteiger partial charge on any atom is 0.321 e. The Morgan fingerprint density at radius 1 is 0.690 bits per heavy atom. The fourth-order valence-electron chi connectivity index (χ4n) is 2.86. The molecule has 0 spiro atoms. The predicted octanol–water partition coefficient (Wildman–Crippen LogP) is 7.34. The van der Waals surface area contributed by atoms with Crippen LogP contribution < -0.4 is 0 Å². The summed E-state index contributed by atoms with van der Waals surface area (Å²) in [5.41, 5.74) is 1.13. The Bertz CT molecular complexity index is 513. The van der Waals surface area contributed by atoms with E-state index in [0.29, 0.717) is 25.8 Å². The standard InChI is InChI=1S/C25H42O4/c1-4-7-11-18-24(27-19-14-8-5-2)25(28-20-15-9-6-3)29-22-26-21-23-16-12-10-13-17-23/h10,12-13,16-17H,4-9,11,14-15,18-22H2,1-3H3. The van der Waals surface area contributed by atoms with Gasteiger partial charge in [0.05, 0.1) is 19.8 Å². The lowest BCUT2D eigenvalue weighted by Gasteiger charge is -2.18. The minimum atomic E-state index is 0.160. The van der Waals surface area contributed by atoms with Gasteiger partial charge in [0, 0.05) is 6.42 Å². The number of allylic oxidation sites excluding steroid dienone is 1. The second-order valence-electron chi connectivity index (χ2n) is 7.38. The van der Waals surface area contributed by atoms with Crippen molar-refractivity contribution in [3.63, 3.8) is 0 Å². The molecular formula is C25H42O4. The van der Waals surface area contributed by atoms with Gasteiger partial charge < -0.3 is 18.9 Å². The van der Waals surface area contributed by atoms with Gasteiger partial charge >= 0.3 is 5.95 Å². The van der Waals surface area contributed by atoms with Crippen molar-refractivity contribution in [2.75, 3.05) is 20.0 Å². The molecule has 1 aromatic carbocycles. The highest BCUT2D eigenvalue weighted by Gasteiger charge is 2.13. The highest BCUT2D eigenvalue weighted by Crippen LogP contribution is 2.19. The quantitative estimate of drug-likeness (QED) is 0.137. The van der Waals surface area contributed by atoms with Crippen LogP contribution in [0.5, 0.6) is 0 Å². The monoisotopic (exact) mass is 406 g/mol. The van der Waals surface area contributed by atoms with Gasteiger partial charge in [0.15, 0.2) is 12.6 Å². The number of benzene rings is 1. The smallest absolute Gasteiger partial charge is 0.321 e. The molecule has 0 saturated carbocycles. The van der Waals surface area contributed by atoms with E-state index in [2.05, 4.69) is 20.8 Å². The number of ether oxygens (including phenoxy) is 4. The highest BCUT2D eigenvalue weighted by molar-refractivity contribution is 5.13. The molecule has 0 heterocycles. The van der Waals surface area contributed by atoms with Gasteiger partial charge in [-0.05, 0) is 24.8 Å². The first-order valence-corrected chi connectivity index (χ1v) is 11.5. The van der Waals surface area contributed by atoms with Crippen LogP contribution in [0.3, 0.4) is 0 Å². The van der Waals surface area contributed by atoms with Crippen molar-refractivity contribution < 1.29 is 18.9 Å². The van der Waals surface area contributed by atoms with E-state index in [0.717, 1.165) is 43.4 Å². The zero-order valence-corrected chi connectivity index (χ0v) is 18.9. The molecular weight excluding hydrogens is 364 g/mol. The van der Waals surface area contributed by atoms with E-state index in [1.165, 1.54) is 32.1 Å². The first-order valence-electron chi connectivity index (χ1n) is 11.5. The van der Waals surface area contributed by atoms with Gasteiger partial charge in [-0.3, -0.25) is 0 Å². The molecule has 4 heteroatoms. The summed E-state index contributed by atoms with van der Waals surface area (Å²) in [5.74, 6) is 1.36. The fourth-order valence-corrected chi connectivity index (χ4v) is 2.86. The van der Waals surface area contributed by atoms with Gasteiger partial charge in [-0.25, -0.2) is 0 Å². The average Bonchev–Trinajstić information content (AvgIpc) is 2.75. The lowest BCUT2D eigenvalue weighted by atomic mass is 10.2. The molecule has 166 valence electrons. The van der Waals surface area contributed by atoms with Gasteiger partial charge in [0.25, 0.3) is 0 Å². The normalized spacial score (nSPS) is 11.8. The second-order valence-corrected chi connectivity index (χ2v) is 7.38. The summed E-state index contributed by atoms with van der Waals surface area (Å²) >= 11 is 0. The van der Waals surface area contributed by atoms with Crippen molar-refractivity contribution in [2.45, 2.75) is 91.6 Å². The second kappa shape index (κ2) is 18.4. The molecule has 1 rings (SSSR count). The maximum absolute atomic E-state index is 6.10. The summed E-state index contributed by atoms with van der Waals surface area (Å²) in [5, 5.41) is 0. The molecule has 29 heavy (non-hydrogen) atoms. The molecule has 0 N–H and O–H groups in total. The zero-order valence-electron chi connectivity index (χ0n) is 18.9. The van der Waals surface area contributed by atoms with E-state index in [1.807, 2.05) is 30.3 Å². The van der Waals surface area contributed by atoms with Crippen LogP contribution in [0, 0.1) is 0 Å². The Labute approximate surface area is 178 Å². The molecule has 0 aliphatic carbocycles. The number of rotatable bonds is 19. The summed E-state index contributed by atoms with van der Waals surface area (Å²) in [6, 6.07) is 10.1. The van der Waals surface area contributed by atoms with Crippen LogP contribution in [0.1, 0.15) is 90.5 Å². The third-order valence-electron chi connectivity index (χ3n) is 4.63.